The third kappa shape index (κ3) is 7.37. The number of carbonyl (C=O) groups excluding carboxylic acids is 3. The molecule has 0 aromatic heterocycles. The number of methoxy groups -OCH3 is 1. The van der Waals surface area contributed by atoms with Crippen molar-refractivity contribution in [3.63, 3.8) is 0 Å². The summed E-state index contributed by atoms with van der Waals surface area (Å²) in [6.45, 7) is 17.8. The maximum absolute atomic E-state index is 12.5. The molecule has 0 aromatic rings. The third-order valence-corrected chi connectivity index (χ3v) is 10.6. The van der Waals surface area contributed by atoms with Gasteiger partial charge in [0.2, 0.25) is 0 Å². The number of amides is 1. The summed E-state index contributed by atoms with van der Waals surface area (Å²) in [4.78, 5) is 37.0. The smallest absolute Gasteiger partial charge is 0.408 e. The number of hydrogen-bond donors (Lipinski definition) is 1. The summed E-state index contributed by atoms with van der Waals surface area (Å²) in [7, 11) is -0.740. The first kappa shape index (κ1) is 26.6. The molecule has 1 amide bonds. The van der Waals surface area contributed by atoms with Crippen LogP contribution in [0.1, 0.15) is 74.1 Å². The largest absolute Gasteiger partial charge is 0.467 e. The van der Waals surface area contributed by atoms with E-state index in [0.29, 0.717) is 25.7 Å². The van der Waals surface area contributed by atoms with Crippen molar-refractivity contribution in [2.24, 2.45) is 5.92 Å². The second-order valence-corrected chi connectivity index (χ2v) is 15.9. The van der Waals surface area contributed by atoms with Gasteiger partial charge < -0.3 is 19.2 Å². The molecule has 0 saturated heterocycles. The maximum atomic E-state index is 12.5. The maximum Gasteiger partial charge on any atom is 0.408 e. The van der Waals surface area contributed by atoms with Crippen LogP contribution in [0, 0.1) is 5.92 Å². The minimum atomic E-state index is -2.03. The van der Waals surface area contributed by atoms with Gasteiger partial charge in [-0.25, -0.2) is 9.59 Å². The Kier molecular flexibility index (Phi) is 8.33. The first-order valence-corrected chi connectivity index (χ1v) is 13.6. The number of hydrogen-bond acceptors (Lipinski definition) is 6. The van der Waals surface area contributed by atoms with E-state index in [1.54, 1.807) is 27.7 Å². The SMILES string of the molecule is COC(=O)C(C)(CC[C@@H]1CC(=O)CC1O[Si](C)(C)C(C)(C)C)NC(=O)OC(C)(C)C. The molecule has 0 heterocycles. The van der Waals surface area contributed by atoms with Crippen molar-refractivity contribution in [2.45, 2.75) is 110 Å². The molecule has 8 heteroatoms. The second kappa shape index (κ2) is 9.38. The number of ketones is 1. The Labute approximate surface area is 182 Å². The topological polar surface area (TPSA) is 90.9 Å². The summed E-state index contributed by atoms with van der Waals surface area (Å²) in [5, 5.41) is 2.71. The van der Waals surface area contributed by atoms with Gasteiger partial charge in [0.15, 0.2) is 8.32 Å². The van der Waals surface area contributed by atoms with Crippen LogP contribution in [0.4, 0.5) is 4.79 Å². The number of esters is 1. The molecule has 7 nitrogen and oxygen atoms in total. The molecule has 0 bridgehead atoms. The van der Waals surface area contributed by atoms with Gasteiger partial charge >= 0.3 is 12.1 Å². The average Bonchev–Trinajstić information content (AvgIpc) is 2.87. The number of alkyl carbamates (subject to hydrolysis) is 1. The van der Waals surface area contributed by atoms with Gasteiger partial charge in [-0.15, -0.1) is 0 Å². The van der Waals surface area contributed by atoms with E-state index in [9.17, 15) is 14.4 Å². The van der Waals surface area contributed by atoms with Crippen molar-refractivity contribution in [1.82, 2.24) is 5.32 Å². The zero-order valence-electron chi connectivity index (χ0n) is 20.4. The predicted octanol–water partition coefficient (Wildman–Crippen LogP) is 4.59. The van der Waals surface area contributed by atoms with Crippen LogP contribution in [0.25, 0.3) is 0 Å². The normalized spacial score (nSPS) is 22.4. The Bertz CT molecular complexity index is 649. The molecule has 0 aliphatic heterocycles. The van der Waals surface area contributed by atoms with Crippen molar-refractivity contribution in [2.75, 3.05) is 7.11 Å². The molecule has 30 heavy (non-hydrogen) atoms. The molecule has 3 atom stereocenters. The molecule has 0 radical (unpaired) electrons. The highest BCUT2D eigenvalue weighted by molar-refractivity contribution is 6.74. The van der Waals surface area contributed by atoms with Gasteiger partial charge in [0.05, 0.1) is 13.2 Å². The Morgan fingerprint density at radius 3 is 2.10 bits per heavy atom. The van der Waals surface area contributed by atoms with E-state index < -0.39 is 31.5 Å². The van der Waals surface area contributed by atoms with Crippen molar-refractivity contribution >= 4 is 26.2 Å². The lowest BCUT2D eigenvalue weighted by Gasteiger charge is -2.40. The highest BCUT2D eigenvalue weighted by atomic mass is 28.4. The van der Waals surface area contributed by atoms with Crippen LogP contribution in [0.2, 0.25) is 18.1 Å². The molecule has 1 rings (SSSR count). The predicted molar refractivity (Wildman–Crippen MR) is 119 cm³/mol. The number of Topliss-reactive ketones (excluding diaryl/α,β-unsaturated/α-hetero) is 1. The number of ether oxygens (including phenoxy) is 2. The summed E-state index contributed by atoms with van der Waals surface area (Å²) in [5.74, 6) is -0.348. The minimum Gasteiger partial charge on any atom is -0.467 e. The Morgan fingerprint density at radius 1 is 1.07 bits per heavy atom. The van der Waals surface area contributed by atoms with Crippen LogP contribution in [-0.4, -0.2) is 50.5 Å². The van der Waals surface area contributed by atoms with E-state index in [2.05, 4.69) is 39.2 Å². The summed E-state index contributed by atoms with van der Waals surface area (Å²) in [6, 6.07) is 0. The number of carbonyl (C=O) groups is 3. The molecule has 1 saturated carbocycles. The highest BCUT2D eigenvalue weighted by Gasteiger charge is 2.45. The first-order valence-electron chi connectivity index (χ1n) is 10.7. The molecular formula is C22H41NO6Si. The average molecular weight is 444 g/mol. The Hall–Kier alpha value is -1.41. The Morgan fingerprint density at radius 2 is 1.63 bits per heavy atom. The van der Waals surface area contributed by atoms with Gasteiger partial charge in [0.1, 0.15) is 16.9 Å². The Balaban J connectivity index is 2.91. The monoisotopic (exact) mass is 443 g/mol. The number of nitrogens with one attached hydrogen (secondary N) is 1. The van der Waals surface area contributed by atoms with Crippen LogP contribution in [0.15, 0.2) is 0 Å². The van der Waals surface area contributed by atoms with Gasteiger partial charge in [0.25, 0.3) is 0 Å². The fraction of sp³-hybridized carbons (Fsp3) is 0.864. The minimum absolute atomic E-state index is 0.0102. The lowest BCUT2D eigenvalue weighted by Crippen LogP contribution is -2.54. The van der Waals surface area contributed by atoms with Crippen molar-refractivity contribution in [3.05, 3.63) is 0 Å². The van der Waals surface area contributed by atoms with Crippen LogP contribution >= 0.6 is 0 Å². The van der Waals surface area contributed by atoms with Gasteiger partial charge in [-0.1, -0.05) is 20.8 Å². The van der Waals surface area contributed by atoms with E-state index in [-0.39, 0.29) is 22.8 Å². The summed E-state index contributed by atoms with van der Waals surface area (Å²) >= 11 is 0. The highest BCUT2D eigenvalue weighted by Crippen LogP contribution is 2.41. The lowest BCUT2D eigenvalue weighted by molar-refractivity contribution is -0.148. The number of rotatable bonds is 7. The van der Waals surface area contributed by atoms with Crippen LogP contribution in [0.3, 0.4) is 0 Å². The van der Waals surface area contributed by atoms with E-state index in [4.69, 9.17) is 13.9 Å². The molecular weight excluding hydrogens is 402 g/mol. The summed E-state index contributed by atoms with van der Waals surface area (Å²) in [6.07, 6.45) is 0.906. The molecule has 1 fully saturated rings. The third-order valence-electron chi connectivity index (χ3n) is 6.12. The van der Waals surface area contributed by atoms with E-state index in [1.807, 2.05) is 0 Å². The molecule has 0 spiro atoms. The van der Waals surface area contributed by atoms with Gasteiger partial charge in [0, 0.05) is 12.8 Å². The zero-order valence-corrected chi connectivity index (χ0v) is 21.4. The van der Waals surface area contributed by atoms with Crippen molar-refractivity contribution in [3.8, 4) is 0 Å². The van der Waals surface area contributed by atoms with E-state index in [0.717, 1.165) is 0 Å². The molecule has 0 aromatic carbocycles. The molecule has 174 valence electrons. The van der Waals surface area contributed by atoms with E-state index >= 15 is 0 Å². The standard InChI is InChI=1S/C22H41NO6Si/c1-20(2,3)28-19(26)23-22(7,18(25)27-8)12-11-15-13-16(24)14-17(15)29-30(9,10)21(4,5)6/h15,17H,11-14H2,1-10H3,(H,23,26)/t15-,17?,22?/m1/s1. The lowest BCUT2D eigenvalue weighted by atomic mass is 9.89. The molecule has 1 aliphatic carbocycles. The molecule has 2 unspecified atom stereocenters. The summed E-state index contributed by atoms with van der Waals surface area (Å²) in [5.41, 5.74) is -1.93. The fourth-order valence-corrected chi connectivity index (χ4v) is 4.71. The van der Waals surface area contributed by atoms with Gasteiger partial charge in [-0.05, 0) is 64.6 Å². The van der Waals surface area contributed by atoms with Crippen LogP contribution < -0.4 is 5.32 Å². The van der Waals surface area contributed by atoms with E-state index in [1.165, 1.54) is 7.11 Å². The van der Waals surface area contributed by atoms with Crippen molar-refractivity contribution in [1.29, 1.82) is 0 Å². The zero-order chi connectivity index (χ0) is 23.5. The fourth-order valence-electron chi connectivity index (χ4n) is 3.32. The van der Waals surface area contributed by atoms with Gasteiger partial charge in [-0.3, -0.25) is 4.79 Å². The molecule has 1 N–H and O–H groups in total. The first-order chi connectivity index (χ1) is 13.4. The molecule has 1 aliphatic rings. The summed E-state index contributed by atoms with van der Waals surface area (Å²) < 4.78 is 16.8. The second-order valence-electron chi connectivity index (χ2n) is 11.1. The van der Waals surface area contributed by atoms with Crippen molar-refractivity contribution < 1.29 is 28.3 Å². The quantitative estimate of drug-likeness (QED) is 0.457. The van der Waals surface area contributed by atoms with Crippen LogP contribution in [0.5, 0.6) is 0 Å². The van der Waals surface area contributed by atoms with Gasteiger partial charge in [-0.2, -0.15) is 0 Å². The van der Waals surface area contributed by atoms with Crippen LogP contribution in [-0.2, 0) is 23.5 Å².